The summed E-state index contributed by atoms with van der Waals surface area (Å²) >= 11 is 5.35. The second kappa shape index (κ2) is 9.98. The number of carbonyl (C=O) groups excluding carboxylic acids is 1. The molecule has 0 unspecified atom stereocenters. The summed E-state index contributed by atoms with van der Waals surface area (Å²) < 4.78 is 15.3. The highest BCUT2D eigenvalue weighted by molar-refractivity contribution is 5.92. The summed E-state index contributed by atoms with van der Waals surface area (Å²) in [6.07, 6.45) is 0.430. The molecule has 2 atom stereocenters. The standard InChI is InChI=1S/C24H26ClFN6O3/c25-23-17-4-5-21(34)30-24(17)29-20(28-23)11-27-10-15-12-31(13-19(15)33)7-8-32-18-9-16(26)3-1-14(18)2-6-22(32)35/h1-3,6,9,15,19,25,27,33H,4-5,7-8,10-13H2/p+1/t15-,19+/m0/s1. The van der Waals surface area contributed by atoms with Gasteiger partial charge in [-0.25, -0.2) is 9.37 Å². The minimum atomic E-state index is -0.512. The van der Waals surface area contributed by atoms with Gasteiger partial charge < -0.3 is 20.3 Å². The first-order valence-electron chi connectivity index (χ1n) is 11.6. The largest absolute Gasteiger partial charge is 0.391 e. The van der Waals surface area contributed by atoms with Crippen LogP contribution < -0.4 is 16.2 Å². The molecule has 9 nitrogen and oxygen atoms in total. The van der Waals surface area contributed by atoms with Gasteiger partial charge in [-0.1, -0.05) is 0 Å². The molecular weight excluding hydrogens is 475 g/mol. The number of hydrogen-bond donors (Lipinski definition) is 3. The summed E-state index contributed by atoms with van der Waals surface area (Å²) in [5.41, 5.74) is 1.19. The highest BCUT2D eigenvalue weighted by Gasteiger charge is 2.31. The van der Waals surface area contributed by atoms with Crippen LogP contribution in [0, 0.1) is 23.3 Å². The number of β-amino-alcohol motifs (C(OH)–C–C–N with tert-alkyl or cyclic N) is 1. The minimum Gasteiger partial charge on any atom is -0.391 e. The average Bonchev–Trinajstić information content (AvgIpc) is 3.17. The quantitative estimate of drug-likeness (QED) is 0.406. The number of likely N-dealkylation sites (tertiary alicyclic amines) is 1. The van der Waals surface area contributed by atoms with E-state index in [9.17, 15) is 19.1 Å². The fourth-order valence-corrected chi connectivity index (χ4v) is 5.08. The first-order chi connectivity index (χ1) is 16.9. The van der Waals surface area contributed by atoms with E-state index in [2.05, 4.69) is 25.5 Å². The van der Waals surface area contributed by atoms with Gasteiger partial charge in [-0.15, -0.1) is 0 Å². The van der Waals surface area contributed by atoms with Crippen molar-refractivity contribution in [2.24, 2.45) is 5.92 Å². The van der Waals surface area contributed by atoms with Gasteiger partial charge in [0.1, 0.15) is 11.6 Å². The molecular formula is C24H27ClFN6O3+. The molecule has 0 spiro atoms. The fourth-order valence-electron chi connectivity index (χ4n) is 4.78. The van der Waals surface area contributed by atoms with E-state index in [1.54, 1.807) is 16.7 Å². The number of rotatable bonds is 7. The molecule has 3 aromatic rings. The van der Waals surface area contributed by atoms with Crippen LogP contribution in [0.5, 0.6) is 0 Å². The molecule has 2 aromatic heterocycles. The van der Waals surface area contributed by atoms with Gasteiger partial charge in [0, 0.05) is 51.1 Å². The summed E-state index contributed by atoms with van der Waals surface area (Å²) in [7, 11) is 0. The van der Waals surface area contributed by atoms with Gasteiger partial charge in [-0.05, 0) is 36.1 Å². The summed E-state index contributed by atoms with van der Waals surface area (Å²) in [5.74, 6) is 0.538. The van der Waals surface area contributed by atoms with E-state index in [4.69, 9.17) is 11.6 Å². The zero-order chi connectivity index (χ0) is 24.5. The van der Waals surface area contributed by atoms with Crippen LogP contribution in [0.15, 0.2) is 35.1 Å². The van der Waals surface area contributed by atoms with Crippen LogP contribution in [-0.2, 0) is 24.3 Å². The molecule has 3 N–H and O–H groups in total. The number of aromatic nitrogens is 3. The smallest absolute Gasteiger partial charge is 0.326 e. The number of hydrogen-bond acceptors (Lipinski definition) is 7. The number of nitrogens with zero attached hydrogens (tertiary/aromatic N) is 4. The van der Waals surface area contributed by atoms with Crippen LogP contribution >= 0.6 is 0 Å². The molecule has 0 aliphatic carbocycles. The third kappa shape index (κ3) is 5.20. The summed E-state index contributed by atoms with van der Waals surface area (Å²) in [5, 5.41) is 17.9. The Bertz CT molecular complexity index is 1330. The lowest BCUT2D eigenvalue weighted by Gasteiger charge is -2.18. The van der Waals surface area contributed by atoms with Gasteiger partial charge in [0.25, 0.3) is 5.56 Å². The van der Waals surface area contributed by atoms with Crippen LogP contribution in [-0.4, -0.2) is 62.7 Å². The van der Waals surface area contributed by atoms with Crippen molar-refractivity contribution in [1.29, 1.82) is 0 Å². The van der Waals surface area contributed by atoms with Crippen molar-refractivity contribution in [3.8, 4) is 0 Å². The van der Waals surface area contributed by atoms with E-state index in [0.29, 0.717) is 74.4 Å². The molecule has 1 aromatic carbocycles. The van der Waals surface area contributed by atoms with Crippen molar-refractivity contribution in [1.82, 2.24) is 24.8 Å². The van der Waals surface area contributed by atoms with E-state index >= 15 is 0 Å². The predicted octanol–water partition coefficient (Wildman–Crippen LogP) is 0.594. The lowest BCUT2D eigenvalue weighted by atomic mass is 10.1. The second-order valence-electron chi connectivity index (χ2n) is 9.06. The third-order valence-electron chi connectivity index (χ3n) is 6.64. The average molecular weight is 502 g/mol. The van der Waals surface area contributed by atoms with E-state index < -0.39 is 6.10 Å². The topological polar surface area (TPSA) is 112 Å². The second-order valence-corrected chi connectivity index (χ2v) is 9.45. The highest BCUT2D eigenvalue weighted by atomic mass is 35.5. The summed E-state index contributed by atoms with van der Waals surface area (Å²) in [4.78, 5) is 35.0. The number of aliphatic hydroxyl groups is 1. The van der Waals surface area contributed by atoms with Crippen molar-refractivity contribution >= 4 is 22.6 Å². The Labute approximate surface area is 205 Å². The third-order valence-corrected chi connectivity index (χ3v) is 6.98. The van der Waals surface area contributed by atoms with Gasteiger partial charge in [-0.3, -0.25) is 14.5 Å². The SMILES string of the molecule is O=C1CCc2c([ClH+])nc(CNC[C@H]3CN(CCn4c(=O)ccc5ccc(F)cc54)C[C@H]3O)nc2N1. The Morgan fingerprint density at radius 3 is 2.83 bits per heavy atom. The summed E-state index contributed by atoms with van der Waals surface area (Å²) in [6, 6.07) is 7.62. The van der Waals surface area contributed by atoms with Gasteiger partial charge in [-0.2, -0.15) is 4.98 Å². The molecule has 0 radical (unpaired) electrons. The molecule has 0 bridgehead atoms. The van der Waals surface area contributed by atoms with Gasteiger partial charge >= 0.3 is 5.15 Å². The molecule has 2 aliphatic heterocycles. The number of nitrogens with one attached hydrogen (secondary N) is 2. The fraction of sp³-hybridized carbons (Fsp3) is 0.417. The van der Waals surface area contributed by atoms with E-state index in [1.165, 1.54) is 18.2 Å². The zero-order valence-corrected chi connectivity index (χ0v) is 19.9. The Morgan fingerprint density at radius 2 is 1.97 bits per heavy atom. The Morgan fingerprint density at radius 1 is 1.14 bits per heavy atom. The molecule has 2 aliphatic rings. The number of halogens is 2. The van der Waals surface area contributed by atoms with E-state index in [0.717, 1.165) is 10.9 Å². The zero-order valence-electron chi connectivity index (χ0n) is 19.0. The maximum absolute atomic E-state index is 13.8. The van der Waals surface area contributed by atoms with Crippen LogP contribution in [0.25, 0.3) is 10.9 Å². The number of benzene rings is 1. The molecule has 5 rings (SSSR count). The molecule has 35 heavy (non-hydrogen) atoms. The maximum atomic E-state index is 13.8. The van der Waals surface area contributed by atoms with E-state index in [-0.39, 0.29) is 23.2 Å². The number of carbonyl (C=O) groups is 1. The lowest BCUT2D eigenvalue weighted by Crippen LogP contribution is -2.31. The Kier molecular flexibility index (Phi) is 6.79. The van der Waals surface area contributed by atoms with Gasteiger partial charge in [0.15, 0.2) is 17.4 Å². The minimum absolute atomic E-state index is 0.00279. The Balaban J connectivity index is 1.16. The predicted molar refractivity (Wildman–Crippen MR) is 125 cm³/mol. The molecule has 4 heterocycles. The van der Waals surface area contributed by atoms with Crippen molar-refractivity contribution in [2.75, 3.05) is 31.5 Å². The van der Waals surface area contributed by atoms with Crippen LogP contribution in [0.1, 0.15) is 17.8 Å². The molecule has 1 fully saturated rings. The molecule has 1 saturated heterocycles. The number of amides is 1. The maximum Gasteiger partial charge on any atom is 0.326 e. The van der Waals surface area contributed by atoms with Gasteiger partial charge in [0.2, 0.25) is 5.91 Å². The normalized spacial score (nSPS) is 20.3. The number of anilines is 1. The number of fused-ring (bicyclic) bond motifs is 2. The monoisotopic (exact) mass is 501 g/mol. The van der Waals surface area contributed by atoms with Crippen LogP contribution in [0.3, 0.4) is 0 Å². The molecule has 1 amide bonds. The van der Waals surface area contributed by atoms with Crippen LogP contribution in [0.2, 0.25) is 5.15 Å². The lowest BCUT2D eigenvalue weighted by molar-refractivity contribution is -0.297. The van der Waals surface area contributed by atoms with Crippen molar-refractivity contribution in [3.63, 3.8) is 0 Å². The Hall–Kier alpha value is -2.92. The van der Waals surface area contributed by atoms with Crippen molar-refractivity contribution in [3.05, 3.63) is 63.0 Å². The number of aliphatic hydroxyl groups excluding tert-OH is 1. The highest BCUT2D eigenvalue weighted by Crippen LogP contribution is 2.24. The first kappa shape index (κ1) is 23.8. The molecule has 11 heteroatoms. The van der Waals surface area contributed by atoms with Crippen molar-refractivity contribution < 1.29 is 25.9 Å². The summed E-state index contributed by atoms with van der Waals surface area (Å²) in [6.45, 7) is 3.05. The molecule has 184 valence electrons. The molecule has 0 saturated carbocycles. The van der Waals surface area contributed by atoms with Gasteiger partial charge in [0.05, 0.1) is 23.7 Å². The van der Waals surface area contributed by atoms with Crippen LogP contribution in [0.4, 0.5) is 10.2 Å². The van der Waals surface area contributed by atoms with E-state index in [1.807, 2.05) is 0 Å². The number of pyridine rings is 1. The first-order valence-corrected chi connectivity index (χ1v) is 12.0. The van der Waals surface area contributed by atoms with Crippen molar-refractivity contribution in [2.45, 2.75) is 32.0 Å².